The van der Waals surface area contributed by atoms with Gasteiger partial charge in [-0.05, 0) is 24.8 Å². The van der Waals surface area contributed by atoms with Crippen molar-refractivity contribution in [3.05, 3.63) is 23.8 Å². The summed E-state index contributed by atoms with van der Waals surface area (Å²) in [4.78, 5) is 8.39. The van der Waals surface area contributed by atoms with E-state index in [0.717, 1.165) is 17.8 Å². The van der Waals surface area contributed by atoms with Crippen molar-refractivity contribution < 1.29 is 0 Å². The highest BCUT2D eigenvalue weighted by Crippen LogP contribution is 2.14. The molecule has 0 aliphatic rings. The molecule has 0 aliphatic heterocycles. The summed E-state index contributed by atoms with van der Waals surface area (Å²) >= 11 is 0. The van der Waals surface area contributed by atoms with Crippen molar-refractivity contribution in [1.82, 2.24) is 9.97 Å². The number of rotatable bonds is 3. The van der Waals surface area contributed by atoms with Gasteiger partial charge in [0.2, 0.25) is 0 Å². The van der Waals surface area contributed by atoms with Crippen molar-refractivity contribution in [2.45, 2.75) is 33.2 Å². The summed E-state index contributed by atoms with van der Waals surface area (Å²) in [7, 11) is 0. The molecule has 0 bridgehead atoms. The minimum atomic E-state index is -0.0272. The topological polar surface area (TPSA) is 51.8 Å². The second-order valence-corrected chi connectivity index (χ2v) is 3.85. The zero-order valence-electron chi connectivity index (χ0n) is 8.49. The van der Waals surface area contributed by atoms with Crippen LogP contribution in [0.15, 0.2) is 12.4 Å². The summed E-state index contributed by atoms with van der Waals surface area (Å²) in [6.45, 7) is 6.26. The molecule has 0 saturated carbocycles. The highest BCUT2D eigenvalue weighted by atomic mass is 14.9. The van der Waals surface area contributed by atoms with E-state index >= 15 is 0 Å². The van der Waals surface area contributed by atoms with Gasteiger partial charge in [0.1, 0.15) is 5.82 Å². The molecule has 0 amide bonds. The maximum Gasteiger partial charge on any atom is 0.144 e. The van der Waals surface area contributed by atoms with E-state index in [4.69, 9.17) is 5.73 Å². The first kappa shape index (κ1) is 10.1. The van der Waals surface area contributed by atoms with Crippen molar-refractivity contribution >= 4 is 0 Å². The number of hydrogen-bond donors (Lipinski definition) is 1. The van der Waals surface area contributed by atoms with Gasteiger partial charge in [-0.15, -0.1) is 0 Å². The molecule has 0 fully saturated rings. The molecule has 0 aromatic carbocycles. The van der Waals surface area contributed by atoms with Crippen LogP contribution in [0, 0.1) is 12.8 Å². The number of nitrogens with two attached hydrogens (primary N) is 1. The maximum atomic E-state index is 5.92. The summed E-state index contributed by atoms with van der Waals surface area (Å²) in [5.74, 6) is 1.33. The molecule has 0 radical (unpaired) electrons. The SMILES string of the molecule is Cc1cnc(C(N)CC(C)C)nc1. The minimum absolute atomic E-state index is 0.0272. The van der Waals surface area contributed by atoms with Gasteiger partial charge in [-0.25, -0.2) is 9.97 Å². The normalized spacial score (nSPS) is 13.3. The second-order valence-electron chi connectivity index (χ2n) is 3.85. The van der Waals surface area contributed by atoms with Gasteiger partial charge in [-0.3, -0.25) is 0 Å². The molecule has 2 N–H and O–H groups in total. The number of aryl methyl sites for hydroxylation is 1. The molecular formula is C10H17N3. The average molecular weight is 179 g/mol. The molecule has 0 spiro atoms. The van der Waals surface area contributed by atoms with Crippen molar-refractivity contribution in [3.8, 4) is 0 Å². The van der Waals surface area contributed by atoms with Gasteiger partial charge in [0.15, 0.2) is 0 Å². The van der Waals surface area contributed by atoms with Gasteiger partial charge in [0, 0.05) is 12.4 Å². The Labute approximate surface area is 79.4 Å². The summed E-state index contributed by atoms with van der Waals surface area (Å²) in [5, 5.41) is 0. The van der Waals surface area contributed by atoms with Crippen LogP contribution in [-0.4, -0.2) is 9.97 Å². The van der Waals surface area contributed by atoms with Gasteiger partial charge < -0.3 is 5.73 Å². The van der Waals surface area contributed by atoms with Gasteiger partial charge in [0.05, 0.1) is 6.04 Å². The Morgan fingerprint density at radius 1 is 1.31 bits per heavy atom. The molecule has 3 heteroatoms. The van der Waals surface area contributed by atoms with E-state index in [0.29, 0.717) is 5.92 Å². The Balaban J connectivity index is 2.66. The van der Waals surface area contributed by atoms with Crippen LogP contribution in [0.25, 0.3) is 0 Å². The molecule has 1 unspecified atom stereocenters. The molecule has 1 aromatic heterocycles. The smallest absolute Gasteiger partial charge is 0.144 e. The number of aromatic nitrogens is 2. The first-order valence-electron chi connectivity index (χ1n) is 4.63. The molecule has 72 valence electrons. The van der Waals surface area contributed by atoms with Crippen LogP contribution in [0.2, 0.25) is 0 Å². The summed E-state index contributed by atoms with van der Waals surface area (Å²) in [5.41, 5.74) is 6.99. The van der Waals surface area contributed by atoms with E-state index in [2.05, 4.69) is 23.8 Å². The van der Waals surface area contributed by atoms with E-state index in [1.165, 1.54) is 0 Å². The molecule has 0 saturated heterocycles. The lowest BCUT2D eigenvalue weighted by Crippen LogP contribution is -2.16. The molecule has 13 heavy (non-hydrogen) atoms. The molecule has 1 heterocycles. The zero-order chi connectivity index (χ0) is 9.84. The fourth-order valence-electron chi connectivity index (χ4n) is 1.21. The van der Waals surface area contributed by atoms with Crippen LogP contribution in [0.4, 0.5) is 0 Å². The lowest BCUT2D eigenvalue weighted by atomic mass is 10.0. The standard InChI is InChI=1S/C10H17N3/c1-7(2)4-9(11)10-12-5-8(3)6-13-10/h5-7,9H,4,11H2,1-3H3. The van der Waals surface area contributed by atoms with Crippen molar-refractivity contribution in [2.24, 2.45) is 11.7 Å². The third-order valence-electron chi connectivity index (χ3n) is 1.86. The molecule has 3 nitrogen and oxygen atoms in total. The van der Waals surface area contributed by atoms with Crippen molar-refractivity contribution in [2.75, 3.05) is 0 Å². The summed E-state index contributed by atoms with van der Waals surface area (Å²) in [6.07, 6.45) is 4.55. The Hall–Kier alpha value is -0.960. The number of nitrogens with zero attached hydrogens (tertiary/aromatic N) is 2. The summed E-state index contributed by atoms with van der Waals surface area (Å²) in [6, 6.07) is -0.0272. The predicted molar refractivity (Wildman–Crippen MR) is 53.2 cm³/mol. The predicted octanol–water partition coefficient (Wildman–Crippen LogP) is 1.83. The molecule has 1 rings (SSSR count). The Kier molecular flexibility index (Phi) is 3.37. The fourth-order valence-corrected chi connectivity index (χ4v) is 1.21. The van der Waals surface area contributed by atoms with E-state index in [1.807, 2.05) is 19.3 Å². The van der Waals surface area contributed by atoms with Crippen molar-refractivity contribution in [1.29, 1.82) is 0 Å². The van der Waals surface area contributed by atoms with Crippen LogP contribution in [0.1, 0.15) is 37.7 Å². The van der Waals surface area contributed by atoms with Gasteiger partial charge in [0.25, 0.3) is 0 Å². The van der Waals surface area contributed by atoms with E-state index in [-0.39, 0.29) is 6.04 Å². The Morgan fingerprint density at radius 2 is 1.85 bits per heavy atom. The monoisotopic (exact) mass is 179 g/mol. The minimum Gasteiger partial charge on any atom is -0.321 e. The lowest BCUT2D eigenvalue weighted by Gasteiger charge is -2.12. The fraction of sp³-hybridized carbons (Fsp3) is 0.600. The molecule has 1 aromatic rings. The Morgan fingerprint density at radius 3 is 2.31 bits per heavy atom. The first-order chi connectivity index (χ1) is 6.09. The van der Waals surface area contributed by atoms with Crippen molar-refractivity contribution in [3.63, 3.8) is 0 Å². The average Bonchev–Trinajstić information content (AvgIpc) is 2.04. The quantitative estimate of drug-likeness (QED) is 0.770. The molecule has 0 aliphatic carbocycles. The van der Waals surface area contributed by atoms with E-state index in [1.54, 1.807) is 0 Å². The van der Waals surface area contributed by atoms with E-state index in [9.17, 15) is 0 Å². The van der Waals surface area contributed by atoms with Crippen LogP contribution >= 0.6 is 0 Å². The van der Waals surface area contributed by atoms with Crippen LogP contribution in [0.3, 0.4) is 0 Å². The zero-order valence-corrected chi connectivity index (χ0v) is 8.49. The second kappa shape index (κ2) is 4.33. The first-order valence-corrected chi connectivity index (χ1v) is 4.63. The summed E-state index contributed by atoms with van der Waals surface area (Å²) < 4.78 is 0. The third kappa shape index (κ3) is 3.11. The molecule has 1 atom stereocenters. The highest BCUT2D eigenvalue weighted by Gasteiger charge is 2.10. The lowest BCUT2D eigenvalue weighted by molar-refractivity contribution is 0.492. The Bertz CT molecular complexity index is 253. The maximum absolute atomic E-state index is 5.92. The van der Waals surface area contributed by atoms with Gasteiger partial charge in [-0.2, -0.15) is 0 Å². The highest BCUT2D eigenvalue weighted by molar-refractivity contribution is 5.04. The van der Waals surface area contributed by atoms with Crippen LogP contribution < -0.4 is 5.73 Å². The van der Waals surface area contributed by atoms with Crippen LogP contribution in [0.5, 0.6) is 0 Å². The largest absolute Gasteiger partial charge is 0.321 e. The number of hydrogen-bond acceptors (Lipinski definition) is 3. The molecular weight excluding hydrogens is 162 g/mol. The van der Waals surface area contributed by atoms with Gasteiger partial charge in [-0.1, -0.05) is 13.8 Å². The van der Waals surface area contributed by atoms with Crippen LogP contribution in [-0.2, 0) is 0 Å². The van der Waals surface area contributed by atoms with E-state index < -0.39 is 0 Å². The van der Waals surface area contributed by atoms with Gasteiger partial charge >= 0.3 is 0 Å². The third-order valence-corrected chi connectivity index (χ3v) is 1.86.